The standard InChI is InChI=1S/C16H26N2O6S2/c1-4-9-25(19,20)17-14-5-6-16(15(10-14)23-3)26(21,22)18(2)11-13-7-8-24-12-13/h5-6,10,13,17H,4,7-9,11-12H2,1-3H3/t13-/m1/s1. The molecule has 1 aliphatic rings. The van der Waals surface area contributed by atoms with Gasteiger partial charge in [-0.25, -0.2) is 21.1 Å². The van der Waals surface area contributed by atoms with Crippen LogP contribution in [0.25, 0.3) is 0 Å². The smallest absolute Gasteiger partial charge is 0.246 e. The van der Waals surface area contributed by atoms with Gasteiger partial charge in [-0.2, -0.15) is 0 Å². The lowest BCUT2D eigenvalue weighted by Gasteiger charge is -2.21. The maximum absolute atomic E-state index is 12.9. The first-order valence-corrected chi connectivity index (χ1v) is 11.5. The Morgan fingerprint density at radius 3 is 2.62 bits per heavy atom. The minimum atomic E-state index is -3.76. The summed E-state index contributed by atoms with van der Waals surface area (Å²) < 4.78 is 63.7. The lowest BCUT2D eigenvalue weighted by Crippen LogP contribution is -2.32. The highest BCUT2D eigenvalue weighted by atomic mass is 32.2. The summed E-state index contributed by atoms with van der Waals surface area (Å²) in [7, 11) is -4.36. The molecule has 148 valence electrons. The Morgan fingerprint density at radius 2 is 2.04 bits per heavy atom. The quantitative estimate of drug-likeness (QED) is 0.667. The average Bonchev–Trinajstić information content (AvgIpc) is 3.06. The van der Waals surface area contributed by atoms with Crippen LogP contribution in [0, 0.1) is 5.92 Å². The maximum atomic E-state index is 12.9. The third kappa shape index (κ3) is 5.09. The van der Waals surface area contributed by atoms with Crippen LogP contribution in [-0.4, -0.2) is 60.8 Å². The van der Waals surface area contributed by atoms with Gasteiger partial charge in [0.15, 0.2) is 0 Å². The van der Waals surface area contributed by atoms with Crippen molar-refractivity contribution in [2.75, 3.05) is 44.4 Å². The summed E-state index contributed by atoms with van der Waals surface area (Å²) >= 11 is 0. The molecular weight excluding hydrogens is 380 g/mol. The topological polar surface area (TPSA) is 102 Å². The lowest BCUT2D eigenvalue weighted by atomic mass is 10.1. The van der Waals surface area contributed by atoms with Crippen molar-refractivity contribution in [3.05, 3.63) is 18.2 Å². The van der Waals surface area contributed by atoms with Crippen molar-refractivity contribution < 1.29 is 26.3 Å². The van der Waals surface area contributed by atoms with E-state index in [0.29, 0.717) is 26.2 Å². The number of hydrogen-bond acceptors (Lipinski definition) is 6. The fourth-order valence-corrected chi connectivity index (χ4v) is 5.31. The normalized spacial score (nSPS) is 18.2. The summed E-state index contributed by atoms with van der Waals surface area (Å²) in [5.74, 6) is 0.249. The summed E-state index contributed by atoms with van der Waals surface area (Å²) in [5.41, 5.74) is 0.265. The Balaban J connectivity index is 2.25. The first-order chi connectivity index (χ1) is 12.2. The van der Waals surface area contributed by atoms with Crippen molar-refractivity contribution in [1.82, 2.24) is 4.31 Å². The number of nitrogens with one attached hydrogen (secondary N) is 1. The van der Waals surface area contributed by atoms with Gasteiger partial charge < -0.3 is 9.47 Å². The fourth-order valence-electron chi connectivity index (χ4n) is 2.80. The zero-order chi connectivity index (χ0) is 19.4. The van der Waals surface area contributed by atoms with E-state index in [-0.39, 0.29) is 28.0 Å². The molecule has 10 heteroatoms. The third-order valence-corrected chi connectivity index (χ3v) is 7.49. The van der Waals surface area contributed by atoms with Gasteiger partial charge in [0, 0.05) is 26.3 Å². The molecule has 8 nitrogen and oxygen atoms in total. The van der Waals surface area contributed by atoms with Gasteiger partial charge in [0.1, 0.15) is 10.6 Å². The highest BCUT2D eigenvalue weighted by Gasteiger charge is 2.28. The number of benzene rings is 1. The number of methoxy groups -OCH3 is 1. The Bertz CT molecular complexity index is 817. The number of ether oxygens (including phenoxy) is 2. The van der Waals surface area contributed by atoms with E-state index in [4.69, 9.17) is 9.47 Å². The SMILES string of the molecule is CCCS(=O)(=O)Nc1ccc(S(=O)(=O)N(C)C[C@H]2CCOC2)c(OC)c1. The highest BCUT2D eigenvalue weighted by molar-refractivity contribution is 7.92. The summed E-state index contributed by atoms with van der Waals surface area (Å²) in [6.07, 6.45) is 1.31. The van der Waals surface area contributed by atoms with E-state index >= 15 is 0 Å². The zero-order valence-electron chi connectivity index (χ0n) is 15.3. The maximum Gasteiger partial charge on any atom is 0.246 e. The van der Waals surface area contributed by atoms with Gasteiger partial charge in [0.25, 0.3) is 0 Å². The number of hydrogen-bond donors (Lipinski definition) is 1. The number of sulfonamides is 2. The Kier molecular flexibility index (Phi) is 6.89. The molecule has 0 saturated carbocycles. The molecule has 0 amide bonds. The van der Waals surface area contributed by atoms with Crippen LogP contribution in [0.5, 0.6) is 5.75 Å². The number of rotatable bonds is 9. The van der Waals surface area contributed by atoms with E-state index in [9.17, 15) is 16.8 Å². The zero-order valence-corrected chi connectivity index (χ0v) is 16.9. The summed E-state index contributed by atoms with van der Waals surface area (Å²) in [4.78, 5) is -0.000134. The van der Waals surface area contributed by atoms with E-state index in [1.807, 2.05) is 0 Å². The molecule has 1 aromatic rings. The van der Waals surface area contributed by atoms with Crippen LogP contribution in [-0.2, 0) is 24.8 Å². The average molecular weight is 407 g/mol. The van der Waals surface area contributed by atoms with Gasteiger partial charge in [-0.05, 0) is 30.9 Å². The minimum Gasteiger partial charge on any atom is -0.495 e. The molecule has 1 atom stereocenters. The van der Waals surface area contributed by atoms with Gasteiger partial charge in [-0.1, -0.05) is 6.92 Å². The van der Waals surface area contributed by atoms with Crippen molar-refractivity contribution in [2.45, 2.75) is 24.7 Å². The van der Waals surface area contributed by atoms with E-state index < -0.39 is 20.0 Å². The number of anilines is 1. The van der Waals surface area contributed by atoms with E-state index in [2.05, 4.69) is 4.72 Å². The minimum absolute atomic E-state index is 0.000134. The van der Waals surface area contributed by atoms with E-state index in [1.165, 1.54) is 36.7 Å². The monoisotopic (exact) mass is 406 g/mol. The van der Waals surface area contributed by atoms with Crippen LogP contribution in [0.4, 0.5) is 5.69 Å². The first kappa shape index (κ1) is 20.9. The van der Waals surface area contributed by atoms with Gasteiger partial charge in [0.2, 0.25) is 20.0 Å². The first-order valence-electron chi connectivity index (χ1n) is 8.42. The van der Waals surface area contributed by atoms with Crippen LogP contribution in [0.15, 0.2) is 23.1 Å². The molecule has 1 heterocycles. The molecule has 1 N–H and O–H groups in total. The van der Waals surface area contributed by atoms with Crippen LogP contribution in [0.3, 0.4) is 0 Å². The molecular formula is C16H26N2O6S2. The van der Waals surface area contributed by atoms with Crippen molar-refractivity contribution in [2.24, 2.45) is 5.92 Å². The van der Waals surface area contributed by atoms with Crippen molar-refractivity contribution in [1.29, 1.82) is 0 Å². The Hall–Kier alpha value is -1.36. The van der Waals surface area contributed by atoms with Gasteiger partial charge >= 0.3 is 0 Å². The molecule has 0 unspecified atom stereocenters. The molecule has 0 aromatic heterocycles. The summed E-state index contributed by atoms with van der Waals surface area (Å²) in [5, 5.41) is 0. The predicted octanol–water partition coefficient (Wildman–Crippen LogP) is 1.50. The molecule has 1 fully saturated rings. The van der Waals surface area contributed by atoms with Crippen LogP contribution >= 0.6 is 0 Å². The molecule has 0 aliphatic carbocycles. The lowest BCUT2D eigenvalue weighted by molar-refractivity contribution is 0.182. The van der Waals surface area contributed by atoms with Crippen molar-refractivity contribution in [3.8, 4) is 5.75 Å². The molecule has 2 rings (SSSR count). The van der Waals surface area contributed by atoms with E-state index in [1.54, 1.807) is 6.92 Å². The van der Waals surface area contributed by atoms with Crippen molar-refractivity contribution in [3.63, 3.8) is 0 Å². The molecule has 1 aromatic carbocycles. The fraction of sp³-hybridized carbons (Fsp3) is 0.625. The largest absolute Gasteiger partial charge is 0.495 e. The Morgan fingerprint density at radius 1 is 1.31 bits per heavy atom. The van der Waals surface area contributed by atoms with Gasteiger partial charge in [0.05, 0.1) is 25.2 Å². The van der Waals surface area contributed by atoms with Gasteiger partial charge in [-0.15, -0.1) is 0 Å². The molecule has 1 aliphatic heterocycles. The predicted molar refractivity (Wildman–Crippen MR) is 99.4 cm³/mol. The van der Waals surface area contributed by atoms with Crippen molar-refractivity contribution >= 4 is 25.7 Å². The molecule has 0 spiro atoms. The van der Waals surface area contributed by atoms with Crippen LogP contribution < -0.4 is 9.46 Å². The third-order valence-electron chi connectivity index (χ3n) is 4.14. The molecule has 0 radical (unpaired) electrons. The molecule has 26 heavy (non-hydrogen) atoms. The molecule has 1 saturated heterocycles. The highest BCUT2D eigenvalue weighted by Crippen LogP contribution is 2.30. The molecule has 0 bridgehead atoms. The summed E-state index contributed by atoms with van der Waals surface area (Å²) in [6, 6.07) is 4.17. The summed E-state index contributed by atoms with van der Waals surface area (Å²) in [6.45, 7) is 3.32. The van der Waals surface area contributed by atoms with Crippen LogP contribution in [0.1, 0.15) is 19.8 Å². The second-order valence-electron chi connectivity index (χ2n) is 6.30. The van der Waals surface area contributed by atoms with E-state index in [0.717, 1.165) is 6.42 Å². The second kappa shape index (κ2) is 8.55. The van der Waals surface area contributed by atoms with Crippen LogP contribution in [0.2, 0.25) is 0 Å². The van der Waals surface area contributed by atoms with Gasteiger partial charge in [-0.3, -0.25) is 4.72 Å². The Labute approximate surface area is 155 Å². The number of nitrogens with zero attached hydrogens (tertiary/aromatic N) is 1. The second-order valence-corrected chi connectivity index (χ2v) is 10.2.